The van der Waals surface area contributed by atoms with E-state index in [0.717, 1.165) is 12.5 Å². The van der Waals surface area contributed by atoms with E-state index in [2.05, 4.69) is 15.8 Å². The highest BCUT2D eigenvalue weighted by molar-refractivity contribution is 7.03. The van der Waals surface area contributed by atoms with E-state index in [9.17, 15) is 0 Å². The van der Waals surface area contributed by atoms with Crippen molar-refractivity contribution in [1.29, 1.82) is 0 Å². The molecule has 1 aliphatic rings. The highest BCUT2D eigenvalue weighted by atomic mass is 32.1. The molecule has 0 bridgehead atoms. The number of aromatic nitrogens is 1. The third-order valence-electron chi connectivity index (χ3n) is 3.06. The number of nitrogens with two attached hydrogens (primary N) is 1. The quantitative estimate of drug-likeness (QED) is 0.788. The summed E-state index contributed by atoms with van der Waals surface area (Å²) in [4.78, 5) is 0. The summed E-state index contributed by atoms with van der Waals surface area (Å²) in [5, 5.41) is 2.07. The van der Waals surface area contributed by atoms with Crippen LogP contribution in [-0.4, -0.2) is 10.9 Å². The second-order valence-corrected chi connectivity index (χ2v) is 4.54. The van der Waals surface area contributed by atoms with Gasteiger partial charge < -0.3 is 5.73 Å². The van der Waals surface area contributed by atoms with Crippen LogP contribution in [0.5, 0.6) is 0 Å². The third kappa shape index (κ3) is 2.09. The van der Waals surface area contributed by atoms with Gasteiger partial charge in [0.15, 0.2) is 0 Å². The van der Waals surface area contributed by atoms with E-state index in [1.54, 1.807) is 11.5 Å². The summed E-state index contributed by atoms with van der Waals surface area (Å²) in [5.41, 5.74) is 6.96. The first-order valence-electron chi connectivity index (χ1n) is 5.00. The van der Waals surface area contributed by atoms with Gasteiger partial charge in [-0.2, -0.15) is 4.37 Å². The molecule has 1 aromatic heterocycles. The van der Waals surface area contributed by atoms with Crippen LogP contribution in [0.25, 0.3) is 0 Å². The minimum atomic E-state index is 0.717. The number of hydrogen-bond donors (Lipinski definition) is 1. The van der Waals surface area contributed by atoms with Crippen molar-refractivity contribution in [3.8, 4) is 0 Å². The lowest BCUT2D eigenvalue weighted by molar-refractivity contribution is 0.330. The van der Waals surface area contributed by atoms with E-state index in [0.29, 0.717) is 5.92 Å². The standard InChI is InChI=1S/C10H16N2S/c11-7-8-1-3-9(4-2-8)10-5-6-13-12-10/h5-6,8-9H,1-4,7,11H2. The fourth-order valence-electron chi connectivity index (χ4n) is 2.13. The Morgan fingerprint density at radius 3 is 2.69 bits per heavy atom. The molecule has 0 spiro atoms. The molecule has 1 saturated carbocycles. The Balaban J connectivity index is 1.92. The average Bonchev–Trinajstić information content (AvgIpc) is 2.71. The van der Waals surface area contributed by atoms with Gasteiger partial charge in [-0.1, -0.05) is 0 Å². The van der Waals surface area contributed by atoms with Crippen molar-refractivity contribution in [3.05, 3.63) is 17.1 Å². The largest absolute Gasteiger partial charge is 0.330 e. The van der Waals surface area contributed by atoms with Gasteiger partial charge in [0.2, 0.25) is 0 Å². The summed E-state index contributed by atoms with van der Waals surface area (Å²) >= 11 is 1.57. The van der Waals surface area contributed by atoms with Crippen molar-refractivity contribution < 1.29 is 0 Å². The van der Waals surface area contributed by atoms with Crippen LogP contribution in [0.15, 0.2) is 11.4 Å². The molecule has 1 heterocycles. The molecule has 0 unspecified atom stereocenters. The lowest BCUT2D eigenvalue weighted by atomic mass is 9.81. The molecule has 2 N–H and O–H groups in total. The van der Waals surface area contributed by atoms with Crippen molar-refractivity contribution in [2.75, 3.05) is 6.54 Å². The zero-order valence-electron chi connectivity index (χ0n) is 7.78. The Bertz CT molecular complexity index is 237. The maximum atomic E-state index is 5.65. The summed E-state index contributed by atoms with van der Waals surface area (Å²) in [6.07, 6.45) is 5.15. The zero-order chi connectivity index (χ0) is 9.10. The van der Waals surface area contributed by atoms with Gasteiger partial charge in [0.05, 0.1) is 5.69 Å². The summed E-state index contributed by atoms with van der Waals surface area (Å²) in [6, 6.07) is 2.16. The molecule has 1 aliphatic carbocycles. The van der Waals surface area contributed by atoms with Gasteiger partial charge in [-0.25, -0.2) is 0 Å². The maximum Gasteiger partial charge on any atom is 0.0573 e. The predicted molar refractivity (Wildman–Crippen MR) is 55.9 cm³/mol. The number of rotatable bonds is 2. The van der Waals surface area contributed by atoms with Gasteiger partial charge in [-0.15, -0.1) is 0 Å². The van der Waals surface area contributed by atoms with E-state index < -0.39 is 0 Å². The summed E-state index contributed by atoms with van der Waals surface area (Å²) < 4.78 is 4.40. The molecule has 0 amide bonds. The molecule has 13 heavy (non-hydrogen) atoms. The second kappa shape index (κ2) is 4.20. The summed E-state index contributed by atoms with van der Waals surface area (Å²) in [6.45, 7) is 0.865. The van der Waals surface area contributed by atoms with E-state index >= 15 is 0 Å². The van der Waals surface area contributed by atoms with Crippen molar-refractivity contribution in [2.24, 2.45) is 11.7 Å². The Morgan fingerprint density at radius 1 is 1.38 bits per heavy atom. The van der Waals surface area contributed by atoms with Crippen LogP contribution in [0.1, 0.15) is 37.3 Å². The lowest BCUT2D eigenvalue weighted by Crippen LogP contribution is -2.20. The predicted octanol–water partition coefficient (Wildman–Crippen LogP) is 2.38. The van der Waals surface area contributed by atoms with Crippen LogP contribution in [0.2, 0.25) is 0 Å². The van der Waals surface area contributed by atoms with Crippen molar-refractivity contribution in [3.63, 3.8) is 0 Å². The van der Waals surface area contributed by atoms with E-state index in [1.807, 2.05) is 0 Å². The molecule has 2 rings (SSSR count). The highest BCUT2D eigenvalue weighted by Crippen LogP contribution is 2.34. The van der Waals surface area contributed by atoms with E-state index in [1.165, 1.54) is 31.4 Å². The zero-order valence-corrected chi connectivity index (χ0v) is 8.59. The van der Waals surface area contributed by atoms with Crippen molar-refractivity contribution in [1.82, 2.24) is 4.37 Å². The normalized spacial score (nSPS) is 29.0. The molecule has 3 heteroatoms. The fourth-order valence-corrected chi connectivity index (χ4v) is 2.72. The topological polar surface area (TPSA) is 38.9 Å². The molecule has 0 atom stereocenters. The van der Waals surface area contributed by atoms with Crippen LogP contribution in [0.3, 0.4) is 0 Å². The SMILES string of the molecule is NCC1CCC(c2ccsn2)CC1. The Hall–Kier alpha value is -0.410. The molecular weight excluding hydrogens is 180 g/mol. The molecule has 1 aromatic rings. The second-order valence-electron chi connectivity index (χ2n) is 3.88. The Morgan fingerprint density at radius 2 is 2.15 bits per heavy atom. The van der Waals surface area contributed by atoms with Crippen LogP contribution < -0.4 is 5.73 Å². The van der Waals surface area contributed by atoms with Gasteiger partial charge in [0, 0.05) is 11.3 Å². The monoisotopic (exact) mass is 196 g/mol. The summed E-state index contributed by atoms with van der Waals surface area (Å²) in [7, 11) is 0. The number of nitrogens with zero attached hydrogens (tertiary/aromatic N) is 1. The van der Waals surface area contributed by atoms with Gasteiger partial charge in [0.1, 0.15) is 0 Å². The first kappa shape index (κ1) is 9.16. The van der Waals surface area contributed by atoms with Gasteiger partial charge in [-0.3, -0.25) is 0 Å². The van der Waals surface area contributed by atoms with Crippen molar-refractivity contribution in [2.45, 2.75) is 31.6 Å². The van der Waals surface area contributed by atoms with Gasteiger partial charge in [0.25, 0.3) is 0 Å². The van der Waals surface area contributed by atoms with E-state index in [-0.39, 0.29) is 0 Å². The minimum absolute atomic E-state index is 0.717. The fraction of sp³-hybridized carbons (Fsp3) is 0.700. The molecule has 0 aliphatic heterocycles. The third-order valence-corrected chi connectivity index (χ3v) is 3.63. The Labute approximate surface area is 83.3 Å². The molecule has 2 nitrogen and oxygen atoms in total. The lowest BCUT2D eigenvalue weighted by Gasteiger charge is -2.26. The van der Waals surface area contributed by atoms with Crippen LogP contribution >= 0.6 is 11.5 Å². The molecule has 0 saturated heterocycles. The molecular formula is C10H16N2S. The van der Waals surface area contributed by atoms with Crippen LogP contribution in [-0.2, 0) is 0 Å². The number of hydrogen-bond acceptors (Lipinski definition) is 3. The molecule has 0 radical (unpaired) electrons. The first-order valence-corrected chi connectivity index (χ1v) is 5.84. The smallest absolute Gasteiger partial charge is 0.0573 e. The molecule has 0 aromatic carbocycles. The van der Waals surface area contributed by atoms with Crippen molar-refractivity contribution >= 4 is 11.5 Å². The van der Waals surface area contributed by atoms with Crippen LogP contribution in [0, 0.1) is 5.92 Å². The minimum Gasteiger partial charge on any atom is -0.330 e. The summed E-state index contributed by atoms with van der Waals surface area (Å²) in [5.74, 6) is 1.49. The van der Waals surface area contributed by atoms with E-state index in [4.69, 9.17) is 5.73 Å². The first-order chi connectivity index (χ1) is 6.40. The highest BCUT2D eigenvalue weighted by Gasteiger charge is 2.22. The average molecular weight is 196 g/mol. The Kier molecular flexibility index (Phi) is 2.96. The van der Waals surface area contributed by atoms with Crippen LogP contribution in [0.4, 0.5) is 0 Å². The maximum absolute atomic E-state index is 5.65. The van der Waals surface area contributed by atoms with Gasteiger partial charge in [-0.05, 0) is 55.7 Å². The molecule has 1 fully saturated rings. The molecule has 72 valence electrons. The van der Waals surface area contributed by atoms with Gasteiger partial charge >= 0.3 is 0 Å².